The van der Waals surface area contributed by atoms with Crippen LogP contribution < -0.4 is 0 Å². The molecule has 0 unspecified atom stereocenters. The number of benzene rings is 8. The van der Waals surface area contributed by atoms with Crippen LogP contribution in [0.1, 0.15) is 5.56 Å². The van der Waals surface area contributed by atoms with E-state index in [1.807, 2.05) is 42.5 Å². The first-order chi connectivity index (χ1) is 26.7. The zero-order valence-electron chi connectivity index (χ0n) is 29.6. The van der Waals surface area contributed by atoms with Gasteiger partial charge in [-0.25, -0.2) is 15.0 Å². The van der Waals surface area contributed by atoms with Crippen molar-refractivity contribution in [3.05, 3.63) is 188 Å². The molecule has 0 saturated heterocycles. The fourth-order valence-corrected chi connectivity index (χ4v) is 7.62. The normalized spacial score (nSPS) is 11.4. The number of fused-ring (bicyclic) bond motifs is 4. The van der Waals surface area contributed by atoms with E-state index in [0.29, 0.717) is 17.5 Å². The Bertz CT molecular complexity index is 2990. The summed E-state index contributed by atoms with van der Waals surface area (Å²) in [5.41, 5.74) is 12.7. The summed E-state index contributed by atoms with van der Waals surface area (Å²) < 4.78 is 6.55. The summed E-state index contributed by atoms with van der Waals surface area (Å²) in [6, 6.07) is 63.3. The molecule has 0 fully saturated rings. The molecule has 0 bridgehead atoms. The Balaban J connectivity index is 1.11. The van der Waals surface area contributed by atoms with Crippen LogP contribution in [-0.4, -0.2) is 15.0 Å². The average molecular weight is 692 g/mol. The second kappa shape index (κ2) is 13.1. The minimum absolute atomic E-state index is 0.588. The summed E-state index contributed by atoms with van der Waals surface area (Å²) in [5, 5.41) is 4.38. The van der Waals surface area contributed by atoms with Crippen LogP contribution in [0.2, 0.25) is 0 Å². The lowest BCUT2D eigenvalue weighted by Gasteiger charge is -2.14. The summed E-state index contributed by atoms with van der Waals surface area (Å²) in [7, 11) is 0. The molecule has 10 aromatic rings. The summed E-state index contributed by atoms with van der Waals surface area (Å²) >= 11 is 0. The fraction of sp³-hybridized carbons (Fsp3) is 0.0200. The molecule has 10 rings (SSSR count). The summed E-state index contributed by atoms with van der Waals surface area (Å²) in [4.78, 5) is 15.3. The van der Waals surface area contributed by atoms with Crippen LogP contribution in [0.5, 0.6) is 0 Å². The predicted octanol–water partition coefficient (Wildman–Crippen LogP) is 13.2. The number of aromatic nitrogens is 3. The highest BCUT2D eigenvalue weighted by Gasteiger charge is 2.19. The van der Waals surface area contributed by atoms with Crippen LogP contribution in [0.15, 0.2) is 186 Å². The lowest BCUT2D eigenvalue weighted by atomic mass is 9.92. The number of hydrogen-bond acceptors (Lipinski definition) is 4. The van der Waals surface area contributed by atoms with E-state index in [1.54, 1.807) is 0 Å². The lowest BCUT2D eigenvalue weighted by Crippen LogP contribution is -2.00. The Morgan fingerprint density at radius 1 is 0.333 bits per heavy atom. The quantitative estimate of drug-likeness (QED) is 0.174. The van der Waals surface area contributed by atoms with Crippen molar-refractivity contribution in [2.75, 3.05) is 0 Å². The minimum Gasteiger partial charge on any atom is -0.456 e. The van der Waals surface area contributed by atoms with E-state index in [4.69, 9.17) is 19.4 Å². The van der Waals surface area contributed by atoms with Crippen molar-refractivity contribution in [3.63, 3.8) is 0 Å². The van der Waals surface area contributed by atoms with E-state index in [-0.39, 0.29) is 0 Å². The fourth-order valence-electron chi connectivity index (χ4n) is 7.62. The van der Waals surface area contributed by atoms with Crippen molar-refractivity contribution >= 4 is 32.7 Å². The lowest BCUT2D eigenvalue weighted by molar-refractivity contribution is 0.669. The van der Waals surface area contributed by atoms with Crippen molar-refractivity contribution in [1.29, 1.82) is 0 Å². The molecule has 54 heavy (non-hydrogen) atoms. The van der Waals surface area contributed by atoms with Crippen molar-refractivity contribution < 1.29 is 4.42 Å². The van der Waals surface area contributed by atoms with Crippen molar-refractivity contribution in [3.8, 4) is 67.5 Å². The molecule has 2 aromatic heterocycles. The van der Waals surface area contributed by atoms with E-state index in [2.05, 4.69) is 146 Å². The van der Waals surface area contributed by atoms with Crippen molar-refractivity contribution in [2.45, 2.75) is 6.92 Å². The molecule has 0 radical (unpaired) electrons. The Morgan fingerprint density at radius 3 is 1.65 bits per heavy atom. The van der Waals surface area contributed by atoms with Crippen LogP contribution in [0.3, 0.4) is 0 Å². The molecule has 0 spiro atoms. The molecule has 2 heterocycles. The SMILES string of the molecule is Cc1ccccc1-c1ccc(-c2nc(-c3ccccc3)nc(-c3ccc4c(c3)oc3cccc(-c5ccc(-c6ccccc6)cc5)c34)n2)c2ccccc12. The predicted molar refractivity (Wildman–Crippen MR) is 222 cm³/mol. The summed E-state index contributed by atoms with van der Waals surface area (Å²) in [5.74, 6) is 1.83. The Hall–Kier alpha value is -7.17. The maximum absolute atomic E-state index is 6.55. The van der Waals surface area contributed by atoms with Gasteiger partial charge in [-0.3, -0.25) is 0 Å². The second-order valence-electron chi connectivity index (χ2n) is 13.6. The van der Waals surface area contributed by atoms with Crippen LogP contribution >= 0.6 is 0 Å². The van der Waals surface area contributed by atoms with Gasteiger partial charge in [-0.15, -0.1) is 0 Å². The average Bonchev–Trinajstić information content (AvgIpc) is 3.62. The molecule has 0 amide bonds. The number of aryl methyl sites for hydroxylation is 1. The highest BCUT2D eigenvalue weighted by molar-refractivity contribution is 6.13. The third-order valence-electron chi connectivity index (χ3n) is 10.3. The molecular formula is C50H33N3O. The van der Waals surface area contributed by atoms with Gasteiger partial charge in [0.15, 0.2) is 17.5 Å². The molecule has 8 aromatic carbocycles. The monoisotopic (exact) mass is 691 g/mol. The smallest absolute Gasteiger partial charge is 0.164 e. The third kappa shape index (κ3) is 5.53. The topological polar surface area (TPSA) is 51.8 Å². The van der Waals surface area contributed by atoms with Crippen LogP contribution in [-0.2, 0) is 0 Å². The van der Waals surface area contributed by atoms with Gasteiger partial charge in [-0.1, -0.05) is 158 Å². The molecule has 0 aliphatic carbocycles. The molecule has 4 heteroatoms. The van der Waals surface area contributed by atoms with Gasteiger partial charge in [0.25, 0.3) is 0 Å². The van der Waals surface area contributed by atoms with Crippen molar-refractivity contribution in [2.24, 2.45) is 0 Å². The van der Waals surface area contributed by atoms with E-state index in [0.717, 1.165) is 60.5 Å². The Kier molecular flexibility index (Phi) is 7.66. The van der Waals surface area contributed by atoms with Gasteiger partial charge >= 0.3 is 0 Å². The highest BCUT2D eigenvalue weighted by atomic mass is 16.3. The number of furan rings is 1. The van der Waals surface area contributed by atoms with Gasteiger partial charge in [-0.2, -0.15) is 0 Å². The minimum atomic E-state index is 0.588. The Labute approximate surface area is 313 Å². The molecule has 0 saturated carbocycles. The molecule has 0 aliphatic heterocycles. The largest absolute Gasteiger partial charge is 0.456 e. The molecule has 4 nitrogen and oxygen atoms in total. The number of hydrogen-bond donors (Lipinski definition) is 0. The summed E-state index contributed by atoms with van der Waals surface area (Å²) in [6.07, 6.45) is 0. The number of nitrogens with zero attached hydrogens (tertiary/aromatic N) is 3. The third-order valence-corrected chi connectivity index (χ3v) is 10.3. The van der Waals surface area contributed by atoms with E-state index < -0.39 is 0 Å². The molecular weight excluding hydrogens is 659 g/mol. The molecule has 254 valence electrons. The zero-order valence-corrected chi connectivity index (χ0v) is 29.6. The summed E-state index contributed by atoms with van der Waals surface area (Å²) in [6.45, 7) is 2.16. The standard InChI is InChI=1S/C50H33N3O/c1-32-13-8-9-18-38(32)42-29-30-43(41-20-11-10-19-40(41)42)50-52-48(36-16-6-3-7-17-36)51-49(53-50)37-27-28-44-46(31-37)54-45-22-12-21-39(47(44)45)35-25-23-34(24-26-35)33-14-4-2-5-15-33/h2-31H,1H3. The number of rotatable bonds is 6. The van der Waals surface area contributed by atoms with E-state index >= 15 is 0 Å². The van der Waals surface area contributed by atoms with Crippen LogP contribution in [0, 0.1) is 6.92 Å². The molecule has 0 aliphatic rings. The second-order valence-corrected chi connectivity index (χ2v) is 13.6. The molecule has 0 N–H and O–H groups in total. The highest BCUT2D eigenvalue weighted by Crippen LogP contribution is 2.40. The van der Waals surface area contributed by atoms with Gasteiger partial charge in [0.05, 0.1) is 0 Å². The van der Waals surface area contributed by atoms with Crippen molar-refractivity contribution in [1.82, 2.24) is 15.0 Å². The first kappa shape index (κ1) is 31.6. The van der Waals surface area contributed by atoms with Crippen LogP contribution in [0.25, 0.3) is 100 Å². The van der Waals surface area contributed by atoms with Gasteiger partial charge < -0.3 is 4.42 Å². The van der Waals surface area contributed by atoms with Gasteiger partial charge in [0, 0.05) is 27.5 Å². The maximum atomic E-state index is 6.55. The van der Waals surface area contributed by atoms with E-state index in [1.165, 1.54) is 27.8 Å². The first-order valence-corrected chi connectivity index (χ1v) is 18.2. The van der Waals surface area contributed by atoms with Gasteiger partial charge in [0.1, 0.15) is 11.2 Å². The first-order valence-electron chi connectivity index (χ1n) is 18.2. The van der Waals surface area contributed by atoms with Crippen LogP contribution in [0.4, 0.5) is 0 Å². The van der Waals surface area contributed by atoms with E-state index in [9.17, 15) is 0 Å². The Morgan fingerprint density at radius 2 is 0.889 bits per heavy atom. The van der Waals surface area contributed by atoms with Gasteiger partial charge in [0.2, 0.25) is 0 Å². The maximum Gasteiger partial charge on any atom is 0.164 e. The molecule has 0 atom stereocenters. The zero-order chi connectivity index (χ0) is 36.0. The van der Waals surface area contributed by atoms with Gasteiger partial charge in [-0.05, 0) is 80.9 Å².